The van der Waals surface area contributed by atoms with E-state index in [4.69, 9.17) is 5.73 Å². The summed E-state index contributed by atoms with van der Waals surface area (Å²) < 4.78 is 29.5. The molecule has 0 unspecified atom stereocenters. The number of nitrogens with two attached hydrogens (primary N) is 1. The number of aryl methyl sites for hydroxylation is 1. The lowest BCUT2D eigenvalue weighted by Gasteiger charge is -2.57. The van der Waals surface area contributed by atoms with Gasteiger partial charge in [0.25, 0.3) is 10.0 Å². The predicted octanol–water partition coefficient (Wildman–Crippen LogP) is 3.09. The number of anilines is 1. The predicted molar refractivity (Wildman–Crippen MR) is 109 cm³/mol. The first kappa shape index (κ1) is 19.6. The first-order chi connectivity index (χ1) is 12.9. The second-order valence-electron chi connectivity index (χ2n) is 8.44. The van der Waals surface area contributed by atoms with E-state index in [0.29, 0.717) is 39.5 Å². The van der Waals surface area contributed by atoms with Crippen molar-refractivity contribution in [2.75, 3.05) is 25.4 Å². The highest BCUT2D eigenvalue weighted by Crippen LogP contribution is 2.45. The van der Waals surface area contributed by atoms with Gasteiger partial charge in [-0.25, -0.2) is 13.4 Å². The zero-order chi connectivity index (χ0) is 19.2. The quantitative estimate of drug-likeness (QED) is 0.804. The summed E-state index contributed by atoms with van der Waals surface area (Å²) in [5.41, 5.74) is 6.37. The zero-order valence-corrected chi connectivity index (χ0v) is 18.1. The van der Waals surface area contributed by atoms with E-state index in [2.05, 4.69) is 16.8 Å². The smallest absolute Gasteiger partial charge is 0.254 e. The van der Waals surface area contributed by atoms with Gasteiger partial charge in [-0.3, -0.25) is 4.90 Å². The van der Waals surface area contributed by atoms with Crippen molar-refractivity contribution in [3.8, 4) is 0 Å². The molecular formula is C19H32N4O2S2. The first-order valence-electron chi connectivity index (χ1n) is 10.4. The van der Waals surface area contributed by atoms with Gasteiger partial charge in [-0.1, -0.05) is 31.1 Å². The summed E-state index contributed by atoms with van der Waals surface area (Å²) >= 11 is 1.12. The van der Waals surface area contributed by atoms with Gasteiger partial charge in [0, 0.05) is 18.6 Å². The van der Waals surface area contributed by atoms with E-state index in [1.807, 2.05) is 4.31 Å². The molecule has 3 aliphatic heterocycles. The number of hydrogen-bond acceptors (Lipinski definition) is 6. The van der Waals surface area contributed by atoms with Crippen LogP contribution in [0.15, 0.2) is 4.21 Å². The highest BCUT2D eigenvalue weighted by molar-refractivity contribution is 7.91. The molecule has 6 nitrogen and oxygen atoms in total. The van der Waals surface area contributed by atoms with E-state index >= 15 is 0 Å². The minimum Gasteiger partial charge on any atom is -0.375 e. The lowest BCUT2D eigenvalue weighted by molar-refractivity contribution is -0.0523. The van der Waals surface area contributed by atoms with Gasteiger partial charge in [0.1, 0.15) is 0 Å². The third-order valence-corrected chi connectivity index (χ3v) is 10.3. The summed E-state index contributed by atoms with van der Waals surface area (Å²) in [6, 6.07) is 0.688. The summed E-state index contributed by atoms with van der Waals surface area (Å²) in [6.07, 6.45) is 7.82. The maximum absolute atomic E-state index is 13.7. The van der Waals surface area contributed by atoms with Crippen LogP contribution in [0.2, 0.25) is 0 Å². The van der Waals surface area contributed by atoms with Crippen molar-refractivity contribution in [3.63, 3.8) is 0 Å². The third kappa shape index (κ3) is 3.43. The number of rotatable bonds is 5. The van der Waals surface area contributed by atoms with Crippen LogP contribution < -0.4 is 5.73 Å². The molecule has 2 N–H and O–H groups in total. The second-order valence-corrected chi connectivity index (χ2v) is 11.6. The standard InChI is InChI=1S/C19H32N4O2S2/c1-3-4-9-16-15-8-6-11-22-10-5-7-14(17(15)22)12-23(16)27(24,25)18-13(2)21-19(20)26-18/h14-17H,3-12H2,1-2H3,(H2,20,21)/t14-,15+,16+,17-/m0/s1. The Bertz CT molecular complexity index is 777. The van der Waals surface area contributed by atoms with Crippen LogP contribution in [0.25, 0.3) is 0 Å². The molecule has 3 saturated heterocycles. The molecule has 3 fully saturated rings. The van der Waals surface area contributed by atoms with Gasteiger partial charge in [-0.2, -0.15) is 4.31 Å². The highest BCUT2D eigenvalue weighted by Gasteiger charge is 2.51. The SMILES string of the molecule is CCCC[C@@H]1[C@H]2CCCN3CCC[C@@H](CN1S(=O)(=O)c1sc(N)nc1C)[C@@H]23. The van der Waals surface area contributed by atoms with Gasteiger partial charge in [-0.15, -0.1) is 0 Å². The number of aromatic nitrogens is 1. The molecule has 4 rings (SSSR count). The lowest BCUT2D eigenvalue weighted by Crippen LogP contribution is -2.65. The molecule has 0 aromatic carbocycles. The van der Waals surface area contributed by atoms with Crippen LogP contribution in [-0.4, -0.2) is 54.3 Å². The van der Waals surface area contributed by atoms with Crippen LogP contribution in [0.5, 0.6) is 0 Å². The van der Waals surface area contributed by atoms with Crippen molar-refractivity contribution in [3.05, 3.63) is 5.69 Å². The van der Waals surface area contributed by atoms with E-state index in [1.165, 1.54) is 25.9 Å². The minimum atomic E-state index is -3.55. The fraction of sp³-hybridized carbons (Fsp3) is 0.842. The average Bonchev–Trinajstić information content (AvgIpc) is 3.00. The van der Waals surface area contributed by atoms with Crippen LogP contribution in [0.1, 0.15) is 57.6 Å². The number of hydrogen-bond donors (Lipinski definition) is 1. The van der Waals surface area contributed by atoms with Crippen LogP contribution in [-0.2, 0) is 10.0 Å². The van der Waals surface area contributed by atoms with Crippen molar-refractivity contribution in [2.45, 2.75) is 75.1 Å². The molecule has 3 aliphatic rings. The van der Waals surface area contributed by atoms with Gasteiger partial charge < -0.3 is 5.73 Å². The molecule has 0 saturated carbocycles. The molecule has 0 spiro atoms. The Morgan fingerprint density at radius 2 is 2.00 bits per heavy atom. The molecule has 8 heteroatoms. The number of thiazole rings is 1. The molecule has 4 atom stereocenters. The van der Waals surface area contributed by atoms with Crippen molar-refractivity contribution < 1.29 is 8.42 Å². The molecule has 0 amide bonds. The number of piperidine rings is 3. The monoisotopic (exact) mass is 412 g/mol. The van der Waals surface area contributed by atoms with Crippen LogP contribution >= 0.6 is 11.3 Å². The fourth-order valence-corrected chi connectivity index (χ4v) is 8.92. The molecule has 0 aliphatic carbocycles. The Morgan fingerprint density at radius 3 is 2.67 bits per heavy atom. The number of sulfonamides is 1. The summed E-state index contributed by atoms with van der Waals surface area (Å²) in [5, 5.41) is 0.340. The number of nitrogens with zero attached hydrogens (tertiary/aromatic N) is 3. The third-order valence-electron chi connectivity index (χ3n) is 6.79. The van der Waals surface area contributed by atoms with Crippen molar-refractivity contribution in [1.82, 2.24) is 14.2 Å². The van der Waals surface area contributed by atoms with Gasteiger partial charge in [-0.05, 0) is 64.0 Å². The largest absolute Gasteiger partial charge is 0.375 e. The Kier molecular flexibility index (Phi) is 5.53. The summed E-state index contributed by atoms with van der Waals surface area (Å²) in [5.74, 6) is 0.923. The normalized spacial score (nSPS) is 32.4. The van der Waals surface area contributed by atoms with Gasteiger partial charge in [0.15, 0.2) is 9.34 Å². The van der Waals surface area contributed by atoms with Crippen LogP contribution in [0.4, 0.5) is 5.13 Å². The lowest BCUT2D eigenvalue weighted by atomic mass is 9.70. The van der Waals surface area contributed by atoms with Crippen molar-refractivity contribution in [2.24, 2.45) is 11.8 Å². The van der Waals surface area contributed by atoms with Crippen molar-refractivity contribution >= 4 is 26.5 Å². The molecule has 0 bridgehead atoms. The second kappa shape index (κ2) is 7.61. The Labute approximate surface area is 167 Å². The molecular weight excluding hydrogens is 380 g/mol. The molecule has 1 aromatic rings. The minimum absolute atomic E-state index is 0.111. The van der Waals surface area contributed by atoms with Gasteiger partial charge in [0.2, 0.25) is 0 Å². The number of unbranched alkanes of at least 4 members (excludes halogenated alkanes) is 1. The van der Waals surface area contributed by atoms with Crippen LogP contribution in [0.3, 0.4) is 0 Å². The molecule has 4 heterocycles. The Morgan fingerprint density at radius 1 is 1.26 bits per heavy atom. The number of nitrogen functional groups attached to an aromatic ring is 1. The molecule has 27 heavy (non-hydrogen) atoms. The molecule has 152 valence electrons. The van der Waals surface area contributed by atoms with Gasteiger partial charge >= 0.3 is 0 Å². The summed E-state index contributed by atoms with van der Waals surface area (Å²) in [6.45, 7) is 6.99. The molecule has 1 aromatic heterocycles. The van der Waals surface area contributed by atoms with E-state index < -0.39 is 10.0 Å². The molecule has 0 radical (unpaired) electrons. The van der Waals surface area contributed by atoms with E-state index in [0.717, 1.165) is 43.4 Å². The Hall–Kier alpha value is -0.700. The van der Waals surface area contributed by atoms with Gasteiger partial charge in [0.05, 0.1) is 5.69 Å². The van der Waals surface area contributed by atoms with E-state index in [1.54, 1.807) is 6.92 Å². The van der Waals surface area contributed by atoms with Crippen molar-refractivity contribution in [1.29, 1.82) is 0 Å². The van der Waals surface area contributed by atoms with Crippen LogP contribution in [0, 0.1) is 18.8 Å². The first-order valence-corrected chi connectivity index (χ1v) is 12.7. The maximum Gasteiger partial charge on any atom is 0.254 e. The average molecular weight is 413 g/mol. The topological polar surface area (TPSA) is 79.5 Å². The summed E-state index contributed by atoms with van der Waals surface area (Å²) in [4.78, 5) is 6.85. The van der Waals surface area contributed by atoms with E-state index in [9.17, 15) is 8.42 Å². The fourth-order valence-electron chi connectivity index (χ4n) is 5.75. The maximum atomic E-state index is 13.7. The van der Waals surface area contributed by atoms with E-state index in [-0.39, 0.29) is 6.04 Å². The highest BCUT2D eigenvalue weighted by atomic mass is 32.2. The zero-order valence-electron chi connectivity index (χ0n) is 16.4. The Balaban J connectivity index is 1.72. The summed E-state index contributed by atoms with van der Waals surface area (Å²) in [7, 11) is -3.55.